The lowest BCUT2D eigenvalue weighted by atomic mass is 10.0. The second kappa shape index (κ2) is 7.11. The lowest BCUT2D eigenvalue weighted by Gasteiger charge is -2.23. The van der Waals surface area contributed by atoms with Crippen molar-refractivity contribution in [2.75, 3.05) is 7.11 Å². The van der Waals surface area contributed by atoms with E-state index in [1.807, 2.05) is 0 Å². The molecule has 0 spiro atoms. The van der Waals surface area contributed by atoms with Gasteiger partial charge in [0.15, 0.2) is 11.6 Å². The summed E-state index contributed by atoms with van der Waals surface area (Å²) in [5, 5.41) is 11.4. The number of benzene rings is 1. The average molecular weight is 313 g/mol. The lowest BCUT2D eigenvalue weighted by Crippen LogP contribution is -2.35. The maximum atomic E-state index is 13.7. The van der Waals surface area contributed by atoms with Crippen molar-refractivity contribution in [2.24, 2.45) is 0 Å². The third kappa shape index (κ3) is 5.59. The first-order valence-corrected chi connectivity index (χ1v) is 6.67. The fourth-order valence-corrected chi connectivity index (χ4v) is 1.78. The second-order valence-corrected chi connectivity index (χ2v) is 5.69. The molecule has 0 unspecified atom stereocenters. The Hall–Kier alpha value is -2.31. The molecular formula is C15H20FNO5. The third-order valence-electron chi connectivity index (χ3n) is 2.65. The van der Waals surface area contributed by atoms with Gasteiger partial charge in [-0.2, -0.15) is 0 Å². The number of hydrogen-bond donors (Lipinski definition) is 2. The molecule has 0 bridgehead atoms. The van der Waals surface area contributed by atoms with Gasteiger partial charge in [0, 0.05) is 0 Å². The van der Waals surface area contributed by atoms with E-state index < -0.39 is 35.9 Å². The van der Waals surface area contributed by atoms with Crippen LogP contribution in [0, 0.1) is 5.82 Å². The Morgan fingerprint density at radius 2 is 2.00 bits per heavy atom. The number of carboxylic acid groups (broad SMARTS) is 1. The molecule has 1 aromatic carbocycles. The highest BCUT2D eigenvalue weighted by Crippen LogP contribution is 2.24. The van der Waals surface area contributed by atoms with E-state index >= 15 is 0 Å². The van der Waals surface area contributed by atoms with Crippen LogP contribution in [0.15, 0.2) is 18.2 Å². The van der Waals surface area contributed by atoms with E-state index in [1.54, 1.807) is 20.8 Å². The van der Waals surface area contributed by atoms with Crippen molar-refractivity contribution in [1.82, 2.24) is 5.32 Å². The molecule has 0 saturated heterocycles. The van der Waals surface area contributed by atoms with Crippen LogP contribution >= 0.6 is 0 Å². The SMILES string of the molecule is COc1ccc([C@H](CC(=O)O)NC(=O)OC(C)(C)C)cc1F. The Bertz CT molecular complexity index is 553. The van der Waals surface area contributed by atoms with Gasteiger partial charge in [-0.15, -0.1) is 0 Å². The van der Waals surface area contributed by atoms with E-state index in [1.165, 1.54) is 19.2 Å². The lowest BCUT2D eigenvalue weighted by molar-refractivity contribution is -0.137. The number of hydrogen-bond acceptors (Lipinski definition) is 4. The van der Waals surface area contributed by atoms with Gasteiger partial charge in [0.05, 0.1) is 19.6 Å². The van der Waals surface area contributed by atoms with Crippen LogP contribution in [0.2, 0.25) is 0 Å². The number of ether oxygens (including phenoxy) is 2. The monoisotopic (exact) mass is 313 g/mol. The van der Waals surface area contributed by atoms with Crippen LogP contribution in [0.5, 0.6) is 5.75 Å². The third-order valence-corrected chi connectivity index (χ3v) is 2.65. The molecule has 1 atom stereocenters. The Kier molecular flexibility index (Phi) is 5.73. The molecule has 0 heterocycles. The zero-order valence-corrected chi connectivity index (χ0v) is 13.0. The van der Waals surface area contributed by atoms with Gasteiger partial charge in [-0.05, 0) is 38.5 Å². The molecule has 0 aromatic heterocycles. The number of carbonyl (C=O) groups is 2. The topological polar surface area (TPSA) is 84.9 Å². The molecule has 0 fully saturated rings. The summed E-state index contributed by atoms with van der Waals surface area (Å²) >= 11 is 0. The van der Waals surface area contributed by atoms with Gasteiger partial charge in [-0.1, -0.05) is 6.07 Å². The van der Waals surface area contributed by atoms with Crippen molar-refractivity contribution in [3.63, 3.8) is 0 Å². The number of rotatable bonds is 5. The van der Waals surface area contributed by atoms with Crippen LogP contribution in [0.4, 0.5) is 9.18 Å². The van der Waals surface area contributed by atoms with Crippen molar-refractivity contribution in [2.45, 2.75) is 38.8 Å². The van der Waals surface area contributed by atoms with Crippen molar-refractivity contribution < 1.29 is 28.6 Å². The van der Waals surface area contributed by atoms with E-state index in [-0.39, 0.29) is 5.75 Å². The molecule has 2 N–H and O–H groups in total. The Morgan fingerprint density at radius 1 is 1.36 bits per heavy atom. The van der Waals surface area contributed by atoms with E-state index in [0.29, 0.717) is 5.56 Å². The summed E-state index contributed by atoms with van der Waals surface area (Å²) in [6.07, 6.45) is -1.17. The molecular weight excluding hydrogens is 293 g/mol. The fraction of sp³-hybridized carbons (Fsp3) is 0.467. The van der Waals surface area contributed by atoms with Crippen LogP contribution in [0.1, 0.15) is 38.8 Å². The van der Waals surface area contributed by atoms with Gasteiger partial charge in [0.25, 0.3) is 0 Å². The summed E-state index contributed by atoms with van der Waals surface area (Å²) in [7, 11) is 1.33. The maximum Gasteiger partial charge on any atom is 0.408 e. The van der Waals surface area contributed by atoms with Crippen LogP contribution in [0.25, 0.3) is 0 Å². The summed E-state index contributed by atoms with van der Waals surface area (Å²) in [5.74, 6) is -1.73. The number of carbonyl (C=O) groups excluding carboxylic acids is 1. The van der Waals surface area contributed by atoms with Crippen LogP contribution in [-0.2, 0) is 9.53 Å². The molecule has 122 valence electrons. The highest BCUT2D eigenvalue weighted by molar-refractivity contribution is 5.72. The number of carboxylic acids is 1. The summed E-state index contributed by atoms with van der Waals surface area (Å²) in [6.45, 7) is 5.06. The molecule has 0 radical (unpaired) electrons. The van der Waals surface area contributed by atoms with E-state index in [9.17, 15) is 14.0 Å². The highest BCUT2D eigenvalue weighted by Gasteiger charge is 2.23. The molecule has 1 aromatic rings. The first kappa shape index (κ1) is 17.7. The number of methoxy groups -OCH3 is 1. The zero-order valence-electron chi connectivity index (χ0n) is 13.0. The number of alkyl carbamates (subject to hydrolysis) is 1. The quantitative estimate of drug-likeness (QED) is 0.873. The Balaban J connectivity index is 2.95. The predicted molar refractivity (Wildman–Crippen MR) is 77.3 cm³/mol. The molecule has 0 saturated carbocycles. The number of halogens is 1. The average Bonchev–Trinajstić information content (AvgIpc) is 2.35. The fourth-order valence-electron chi connectivity index (χ4n) is 1.78. The first-order valence-electron chi connectivity index (χ1n) is 6.67. The van der Waals surface area contributed by atoms with Gasteiger partial charge in [-0.3, -0.25) is 4.79 Å². The largest absolute Gasteiger partial charge is 0.494 e. The van der Waals surface area contributed by atoms with Gasteiger partial charge < -0.3 is 19.9 Å². The van der Waals surface area contributed by atoms with Gasteiger partial charge >= 0.3 is 12.1 Å². The Labute approximate surface area is 128 Å². The second-order valence-electron chi connectivity index (χ2n) is 5.69. The molecule has 1 rings (SSSR count). The summed E-state index contributed by atoms with van der Waals surface area (Å²) in [6, 6.07) is 3.08. The summed E-state index contributed by atoms with van der Waals surface area (Å²) < 4.78 is 23.6. The molecule has 1 amide bonds. The van der Waals surface area contributed by atoms with Crippen LogP contribution in [-0.4, -0.2) is 29.9 Å². The smallest absolute Gasteiger partial charge is 0.408 e. The van der Waals surface area contributed by atoms with Crippen LogP contribution in [0.3, 0.4) is 0 Å². The summed E-state index contributed by atoms with van der Waals surface area (Å²) in [4.78, 5) is 22.7. The van der Waals surface area contributed by atoms with Gasteiger partial charge in [0.2, 0.25) is 0 Å². The minimum Gasteiger partial charge on any atom is -0.494 e. The van der Waals surface area contributed by atoms with Crippen molar-refractivity contribution >= 4 is 12.1 Å². The van der Waals surface area contributed by atoms with Crippen molar-refractivity contribution in [3.8, 4) is 5.75 Å². The molecule has 22 heavy (non-hydrogen) atoms. The molecule has 0 aliphatic carbocycles. The van der Waals surface area contributed by atoms with E-state index in [4.69, 9.17) is 14.6 Å². The zero-order chi connectivity index (χ0) is 16.9. The normalized spacial score (nSPS) is 12.4. The number of amides is 1. The Morgan fingerprint density at radius 3 is 2.45 bits per heavy atom. The van der Waals surface area contributed by atoms with E-state index in [2.05, 4.69) is 5.32 Å². The minimum atomic E-state index is -1.13. The first-order chi connectivity index (χ1) is 10.1. The van der Waals surface area contributed by atoms with Crippen LogP contribution < -0.4 is 10.1 Å². The van der Waals surface area contributed by atoms with Gasteiger partial charge in [-0.25, -0.2) is 9.18 Å². The molecule has 0 aliphatic rings. The highest BCUT2D eigenvalue weighted by atomic mass is 19.1. The van der Waals surface area contributed by atoms with Crippen molar-refractivity contribution in [1.29, 1.82) is 0 Å². The van der Waals surface area contributed by atoms with Crippen molar-refractivity contribution in [3.05, 3.63) is 29.6 Å². The number of aliphatic carboxylic acids is 1. The maximum absolute atomic E-state index is 13.7. The molecule has 0 aliphatic heterocycles. The molecule has 6 nitrogen and oxygen atoms in total. The summed E-state index contributed by atoms with van der Waals surface area (Å²) in [5.41, 5.74) is -0.408. The number of nitrogens with one attached hydrogen (secondary N) is 1. The van der Waals surface area contributed by atoms with E-state index in [0.717, 1.165) is 6.07 Å². The minimum absolute atomic E-state index is 0.0371. The predicted octanol–water partition coefficient (Wildman–Crippen LogP) is 2.87. The molecule has 7 heteroatoms. The standard InChI is InChI=1S/C15H20FNO5/c1-15(2,3)22-14(20)17-11(8-13(18)19)9-5-6-12(21-4)10(16)7-9/h5-7,11H,8H2,1-4H3,(H,17,20)(H,18,19)/t11-/m0/s1. The van der Waals surface area contributed by atoms with Gasteiger partial charge in [0.1, 0.15) is 5.60 Å².